The van der Waals surface area contributed by atoms with Gasteiger partial charge in [0.1, 0.15) is 0 Å². The molecule has 6 heteroatoms. The predicted molar refractivity (Wildman–Crippen MR) is 87.2 cm³/mol. The molecule has 2 fully saturated rings. The number of carboxylic acid groups (broad SMARTS) is 1. The van der Waals surface area contributed by atoms with E-state index in [1.54, 1.807) is 9.80 Å². The maximum atomic E-state index is 12.8. The first-order valence-corrected chi connectivity index (χ1v) is 8.35. The molecule has 0 saturated carbocycles. The van der Waals surface area contributed by atoms with Crippen LogP contribution in [0.15, 0.2) is 30.3 Å². The second-order valence-electron chi connectivity index (χ2n) is 6.54. The molecule has 0 radical (unpaired) electrons. The smallest absolute Gasteiger partial charge is 0.308 e. The van der Waals surface area contributed by atoms with Crippen molar-refractivity contribution >= 4 is 17.8 Å². The normalized spacial score (nSPS) is 26.9. The van der Waals surface area contributed by atoms with E-state index in [9.17, 15) is 19.5 Å². The molecule has 2 aliphatic rings. The van der Waals surface area contributed by atoms with Gasteiger partial charge in [-0.15, -0.1) is 0 Å². The van der Waals surface area contributed by atoms with E-state index in [1.165, 1.54) is 0 Å². The van der Waals surface area contributed by atoms with Gasteiger partial charge >= 0.3 is 5.97 Å². The monoisotopic (exact) mass is 330 g/mol. The zero-order valence-electron chi connectivity index (χ0n) is 13.7. The molecule has 0 spiro atoms. The molecule has 128 valence electrons. The number of benzene rings is 1. The van der Waals surface area contributed by atoms with Crippen molar-refractivity contribution in [2.24, 2.45) is 11.8 Å². The van der Waals surface area contributed by atoms with E-state index in [4.69, 9.17) is 0 Å². The molecule has 1 N–H and O–H groups in total. The van der Waals surface area contributed by atoms with Gasteiger partial charge < -0.3 is 14.9 Å². The van der Waals surface area contributed by atoms with Crippen LogP contribution in [0.5, 0.6) is 0 Å². The van der Waals surface area contributed by atoms with Crippen LogP contribution in [0.2, 0.25) is 0 Å². The highest BCUT2D eigenvalue weighted by molar-refractivity contribution is 5.90. The van der Waals surface area contributed by atoms with Gasteiger partial charge in [-0.1, -0.05) is 30.3 Å². The lowest BCUT2D eigenvalue weighted by atomic mass is 9.89. The van der Waals surface area contributed by atoms with Crippen LogP contribution in [0.3, 0.4) is 0 Å². The highest BCUT2D eigenvalue weighted by Gasteiger charge is 2.44. The van der Waals surface area contributed by atoms with Crippen LogP contribution in [0.4, 0.5) is 0 Å². The summed E-state index contributed by atoms with van der Waals surface area (Å²) >= 11 is 0. The molecular formula is C18H22N2O4. The van der Waals surface area contributed by atoms with Gasteiger partial charge in [0.15, 0.2) is 0 Å². The fourth-order valence-corrected chi connectivity index (χ4v) is 3.77. The molecule has 6 nitrogen and oxygen atoms in total. The van der Waals surface area contributed by atoms with E-state index >= 15 is 0 Å². The predicted octanol–water partition coefficient (Wildman–Crippen LogP) is 1.18. The van der Waals surface area contributed by atoms with Crippen molar-refractivity contribution in [1.29, 1.82) is 0 Å². The van der Waals surface area contributed by atoms with E-state index in [1.807, 2.05) is 37.3 Å². The zero-order valence-corrected chi connectivity index (χ0v) is 13.7. The molecule has 0 bridgehead atoms. The molecule has 1 unspecified atom stereocenters. The Morgan fingerprint density at radius 1 is 1.17 bits per heavy atom. The minimum Gasteiger partial charge on any atom is -0.481 e. The molecular weight excluding hydrogens is 308 g/mol. The van der Waals surface area contributed by atoms with Gasteiger partial charge in [0.05, 0.1) is 11.8 Å². The molecule has 24 heavy (non-hydrogen) atoms. The zero-order chi connectivity index (χ0) is 17.3. The van der Waals surface area contributed by atoms with Crippen molar-refractivity contribution in [2.75, 3.05) is 26.2 Å². The van der Waals surface area contributed by atoms with Crippen LogP contribution < -0.4 is 0 Å². The molecule has 1 aromatic rings. The Morgan fingerprint density at radius 2 is 1.88 bits per heavy atom. The lowest BCUT2D eigenvalue weighted by Crippen LogP contribution is -2.36. The summed E-state index contributed by atoms with van der Waals surface area (Å²) in [5, 5.41) is 9.53. The first kappa shape index (κ1) is 16.5. The van der Waals surface area contributed by atoms with E-state index in [0.717, 1.165) is 5.56 Å². The third-order valence-electron chi connectivity index (χ3n) is 5.12. The Kier molecular flexibility index (Phi) is 4.55. The fourth-order valence-electron chi connectivity index (χ4n) is 3.77. The number of carboxylic acids is 1. The Labute approximate surface area is 141 Å². The summed E-state index contributed by atoms with van der Waals surface area (Å²) in [6, 6.07) is 9.47. The minimum atomic E-state index is -0.878. The number of likely N-dealkylation sites (tertiary alicyclic amines) is 2. The highest BCUT2D eigenvalue weighted by Crippen LogP contribution is 2.34. The third kappa shape index (κ3) is 3.00. The van der Waals surface area contributed by atoms with E-state index in [2.05, 4.69) is 0 Å². The maximum absolute atomic E-state index is 12.8. The van der Waals surface area contributed by atoms with Gasteiger partial charge in [0, 0.05) is 38.5 Å². The summed E-state index contributed by atoms with van der Waals surface area (Å²) in [4.78, 5) is 39.5. The Morgan fingerprint density at radius 3 is 2.46 bits per heavy atom. The van der Waals surface area contributed by atoms with Gasteiger partial charge in [-0.25, -0.2) is 0 Å². The lowest BCUT2D eigenvalue weighted by Gasteiger charge is -2.20. The Bertz CT molecular complexity index is 646. The van der Waals surface area contributed by atoms with Gasteiger partial charge in [-0.2, -0.15) is 0 Å². The number of aliphatic carboxylic acids is 1. The number of carbonyl (C=O) groups excluding carboxylic acids is 2. The van der Waals surface area contributed by atoms with Gasteiger partial charge in [0.25, 0.3) is 0 Å². The molecule has 0 aromatic heterocycles. The number of hydrogen-bond acceptors (Lipinski definition) is 3. The summed E-state index contributed by atoms with van der Waals surface area (Å²) in [5.74, 6) is -2.12. The molecule has 0 aliphatic carbocycles. The van der Waals surface area contributed by atoms with Crippen LogP contribution in [-0.2, 0) is 14.4 Å². The second-order valence-corrected chi connectivity index (χ2v) is 6.54. The molecule has 2 heterocycles. The van der Waals surface area contributed by atoms with Crippen molar-refractivity contribution in [1.82, 2.24) is 9.80 Å². The molecule has 3 atom stereocenters. The maximum Gasteiger partial charge on any atom is 0.308 e. The van der Waals surface area contributed by atoms with Crippen molar-refractivity contribution in [3.8, 4) is 0 Å². The number of hydrogen-bond donors (Lipinski definition) is 1. The number of rotatable bonds is 4. The number of carbonyl (C=O) groups is 3. The van der Waals surface area contributed by atoms with Crippen molar-refractivity contribution in [3.63, 3.8) is 0 Å². The van der Waals surface area contributed by atoms with Crippen molar-refractivity contribution in [2.45, 2.75) is 19.3 Å². The van der Waals surface area contributed by atoms with Crippen LogP contribution >= 0.6 is 0 Å². The average molecular weight is 330 g/mol. The highest BCUT2D eigenvalue weighted by atomic mass is 16.4. The second kappa shape index (κ2) is 6.63. The first-order chi connectivity index (χ1) is 11.5. The summed E-state index contributed by atoms with van der Waals surface area (Å²) in [6.45, 7) is 3.55. The number of amides is 2. The Hall–Kier alpha value is -2.37. The third-order valence-corrected chi connectivity index (χ3v) is 5.12. The summed E-state index contributed by atoms with van der Waals surface area (Å²) in [7, 11) is 0. The van der Waals surface area contributed by atoms with Crippen LogP contribution in [0, 0.1) is 11.8 Å². The van der Waals surface area contributed by atoms with E-state index in [-0.39, 0.29) is 36.6 Å². The minimum absolute atomic E-state index is 0.00411. The quantitative estimate of drug-likeness (QED) is 0.899. The summed E-state index contributed by atoms with van der Waals surface area (Å²) in [5.41, 5.74) is 0.942. The number of nitrogens with zero attached hydrogens (tertiary/aromatic N) is 2. The standard InChI is InChI=1S/C18H22N2O4/c1-2-19-9-13(8-16(19)21)17(22)20-10-14(15(11-20)18(23)24)12-6-4-3-5-7-12/h3-7,13-15H,2,8-11H2,1H3,(H,23,24)/t13?,14-,15-/m0/s1. The van der Waals surface area contributed by atoms with Gasteiger partial charge in [-0.05, 0) is 12.5 Å². The van der Waals surface area contributed by atoms with Crippen LogP contribution in [-0.4, -0.2) is 58.9 Å². The molecule has 2 saturated heterocycles. The van der Waals surface area contributed by atoms with Gasteiger partial charge in [-0.3, -0.25) is 14.4 Å². The molecule has 2 amide bonds. The lowest BCUT2D eigenvalue weighted by molar-refractivity contribution is -0.142. The van der Waals surface area contributed by atoms with Crippen LogP contribution in [0.1, 0.15) is 24.8 Å². The fraction of sp³-hybridized carbons (Fsp3) is 0.500. The Balaban J connectivity index is 1.75. The molecule has 1 aromatic carbocycles. The van der Waals surface area contributed by atoms with Crippen LogP contribution in [0.25, 0.3) is 0 Å². The van der Waals surface area contributed by atoms with Gasteiger partial charge in [0.2, 0.25) is 11.8 Å². The SMILES string of the molecule is CCN1CC(C(=O)N2C[C@H](C(=O)O)[C@H](c3ccccc3)C2)CC1=O. The van der Waals surface area contributed by atoms with E-state index < -0.39 is 11.9 Å². The average Bonchev–Trinajstić information content (AvgIpc) is 3.19. The molecule has 2 aliphatic heterocycles. The first-order valence-electron chi connectivity index (χ1n) is 8.35. The largest absolute Gasteiger partial charge is 0.481 e. The van der Waals surface area contributed by atoms with Crippen molar-refractivity contribution in [3.05, 3.63) is 35.9 Å². The summed E-state index contributed by atoms with van der Waals surface area (Å²) in [6.07, 6.45) is 0.233. The summed E-state index contributed by atoms with van der Waals surface area (Å²) < 4.78 is 0. The topological polar surface area (TPSA) is 77.9 Å². The molecule has 3 rings (SSSR count). The van der Waals surface area contributed by atoms with Crippen molar-refractivity contribution < 1.29 is 19.5 Å². The van der Waals surface area contributed by atoms with E-state index in [0.29, 0.717) is 19.6 Å².